The van der Waals surface area contributed by atoms with E-state index in [1.54, 1.807) is 0 Å². The Morgan fingerprint density at radius 1 is 1.17 bits per heavy atom. The number of ether oxygens (including phenoxy) is 1. The van der Waals surface area contributed by atoms with E-state index in [1.165, 1.54) is 0 Å². The molecule has 1 aliphatic carbocycles. The Hall–Kier alpha value is -2.16. The molecule has 122 valence electrons. The molecule has 1 aliphatic rings. The molecule has 0 N–H and O–H groups in total. The fourth-order valence-corrected chi connectivity index (χ4v) is 2.64. The number of fused-ring (bicyclic) bond motifs is 1. The first-order valence-electron chi connectivity index (χ1n) is 8.09. The highest BCUT2D eigenvalue weighted by Gasteiger charge is 2.32. The number of benzene rings is 1. The maximum atomic E-state index is 12.6. The number of ketones is 2. The Balaban J connectivity index is 2.56. The van der Waals surface area contributed by atoms with Crippen molar-refractivity contribution in [1.29, 1.82) is 0 Å². The topological polar surface area (TPSA) is 43.4 Å². The van der Waals surface area contributed by atoms with Crippen LogP contribution in [0.15, 0.2) is 29.4 Å². The molecule has 0 heterocycles. The van der Waals surface area contributed by atoms with Gasteiger partial charge in [0.05, 0.1) is 5.56 Å². The summed E-state index contributed by atoms with van der Waals surface area (Å²) in [5.41, 5.74) is 3.87. The summed E-state index contributed by atoms with van der Waals surface area (Å²) in [5, 5.41) is 0. The van der Waals surface area contributed by atoms with Gasteiger partial charge in [0.1, 0.15) is 12.4 Å². The molecule has 0 bridgehead atoms. The molecule has 1 aromatic rings. The van der Waals surface area contributed by atoms with Gasteiger partial charge in [-0.1, -0.05) is 38.5 Å². The number of hydrogen-bond donors (Lipinski definition) is 0. The standard InChI is InChI=1S/C20H24O3/c1-6-14-7-8-15-11-16(13(4)5)18(21)19(22)17(15)20(14)23-10-9-12(2)3/h7-9,11,13H,6,10H2,1-5H3. The first-order valence-corrected chi connectivity index (χ1v) is 8.09. The van der Waals surface area contributed by atoms with E-state index >= 15 is 0 Å². The molecule has 0 unspecified atom stereocenters. The van der Waals surface area contributed by atoms with Gasteiger partial charge in [-0.25, -0.2) is 0 Å². The minimum absolute atomic E-state index is 0.0282. The zero-order valence-corrected chi connectivity index (χ0v) is 14.5. The van der Waals surface area contributed by atoms with Gasteiger partial charge in [0.2, 0.25) is 11.6 Å². The number of hydrogen-bond acceptors (Lipinski definition) is 3. The molecule has 0 atom stereocenters. The summed E-state index contributed by atoms with van der Waals surface area (Å²) >= 11 is 0. The normalized spacial score (nSPS) is 13.7. The van der Waals surface area contributed by atoms with Crippen LogP contribution in [0.1, 0.15) is 56.1 Å². The van der Waals surface area contributed by atoms with Gasteiger partial charge in [-0.3, -0.25) is 9.59 Å². The third-order valence-electron chi connectivity index (χ3n) is 4.00. The average Bonchev–Trinajstić information content (AvgIpc) is 2.49. The lowest BCUT2D eigenvalue weighted by Crippen LogP contribution is -2.25. The number of rotatable bonds is 5. The molecule has 0 amide bonds. The second-order valence-corrected chi connectivity index (χ2v) is 6.38. The van der Waals surface area contributed by atoms with Gasteiger partial charge in [0.15, 0.2) is 0 Å². The summed E-state index contributed by atoms with van der Waals surface area (Å²) < 4.78 is 5.87. The van der Waals surface area contributed by atoms with Gasteiger partial charge in [-0.05, 0) is 49.5 Å². The van der Waals surface area contributed by atoms with Gasteiger partial charge in [0, 0.05) is 5.57 Å². The largest absolute Gasteiger partial charge is 0.488 e. The third kappa shape index (κ3) is 3.44. The maximum absolute atomic E-state index is 12.6. The molecule has 3 nitrogen and oxygen atoms in total. The molecule has 3 heteroatoms. The molecular weight excluding hydrogens is 288 g/mol. The molecule has 23 heavy (non-hydrogen) atoms. The molecule has 0 spiro atoms. The van der Waals surface area contributed by atoms with E-state index in [-0.39, 0.29) is 5.92 Å². The van der Waals surface area contributed by atoms with Crippen molar-refractivity contribution in [2.45, 2.75) is 41.0 Å². The lowest BCUT2D eigenvalue weighted by molar-refractivity contribution is -0.112. The van der Waals surface area contributed by atoms with Gasteiger partial charge < -0.3 is 4.74 Å². The van der Waals surface area contributed by atoms with Crippen molar-refractivity contribution in [1.82, 2.24) is 0 Å². The molecule has 2 rings (SSSR count). The lowest BCUT2D eigenvalue weighted by atomic mass is 9.83. The number of carbonyl (C=O) groups is 2. The Labute approximate surface area is 138 Å². The van der Waals surface area contributed by atoms with Crippen LogP contribution in [0, 0.1) is 5.92 Å². The van der Waals surface area contributed by atoms with Crippen molar-refractivity contribution in [3.05, 3.63) is 46.0 Å². The lowest BCUT2D eigenvalue weighted by Gasteiger charge is -2.21. The monoisotopic (exact) mass is 312 g/mol. The Morgan fingerprint density at radius 2 is 1.87 bits per heavy atom. The quantitative estimate of drug-likeness (QED) is 0.598. The molecule has 0 radical (unpaired) electrons. The fraction of sp³-hybridized carbons (Fsp3) is 0.400. The first-order chi connectivity index (χ1) is 10.9. The highest BCUT2D eigenvalue weighted by Crippen LogP contribution is 2.35. The SMILES string of the molecule is CCc1ccc2c(c1OCC=C(C)C)C(=O)C(=O)C(C(C)C)=C2. The summed E-state index contributed by atoms with van der Waals surface area (Å²) in [6.07, 6.45) is 4.54. The summed E-state index contributed by atoms with van der Waals surface area (Å²) in [7, 11) is 0. The van der Waals surface area contributed by atoms with Crippen LogP contribution in [-0.4, -0.2) is 18.2 Å². The molecular formula is C20H24O3. The first kappa shape index (κ1) is 17.2. The van der Waals surface area contributed by atoms with E-state index in [9.17, 15) is 9.59 Å². The van der Waals surface area contributed by atoms with Crippen molar-refractivity contribution in [2.75, 3.05) is 6.61 Å². The van der Waals surface area contributed by atoms with E-state index in [0.29, 0.717) is 23.5 Å². The van der Waals surface area contributed by atoms with Crippen LogP contribution in [0.3, 0.4) is 0 Å². The molecule has 0 aliphatic heterocycles. The highest BCUT2D eigenvalue weighted by molar-refractivity contribution is 6.52. The van der Waals surface area contributed by atoms with Gasteiger partial charge in [0.25, 0.3) is 0 Å². The van der Waals surface area contributed by atoms with E-state index in [0.717, 1.165) is 23.1 Å². The number of aryl methyl sites for hydroxylation is 1. The smallest absolute Gasteiger partial charge is 0.237 e. The van der Waals surface area contributed by atoms with Gasteiger partial charge in [-0.2, -0.15) is 0 Å². The minimum Gasteiger partial charge on any atom is -0.488 e. The van der Waals surface area contributed by atoms with E-state index in [1.807, 2.05) is 58.9 Å². The summed E-state index contributed by atoms with van der Waals surface area (Å²) in [6.45, 7) is 10.3. The second kappa shape index (κ2) is 6.95. The number of Topliss-reactive ketones (excluding diaryl/α,β-unsaturated/α-hetero) is 2. The summed E-state index contributed by atoms with van der Waals surface area (Å²) in [4.78, 5) is 25.0. The van der Waals surface area contributed by atoms with Crippen molar-refractivity contribution in [3.8, 4) is 5.75 Å². The van der Waals surface area contributed by atoms with Crippen LogP contribution in [0.25, 0.3) is 6.08 Å². The molecule has 0 saturated carbocycles. The third-order valence-corrected chi connectivity index (χ3v) is 4.00. The van der Waals surface area contributed by atoms with Crippen LogP contribution in [0.2, 0.25) is 0 Å². The molecule has 1 aromatic carbocycles. The van der Waals surface area contributed by atoms with Crippen LogP contribution < -0.4 is 4.74 Å². The van der Waals surface area contributed by atoms with Crippen LogP contribution in [0.5, 0.6) is 5.75 Å². The molecule has 0 fully saturated rings. The van der Waals surface area contributed by atoms with Crippen molar-refractivity contribution in [2.24, 2.45) is 5.92 Å². The Kier molecular flexibility index (Phi) is 5.19. The van der Waals surface area contributed by atoms with Gasteiger partial charge in [-0.15, -0.1) is 0 Å². The van der Waals surface area contributed by atoms with E-state index in [4.69, 9.17) is 4.74 Å². The van der Waals surface area contributed by atoms with E-state index in [2.05, 4.69) is 0 Å². The zero-order chi connectivity index (χ0) is 17.1. The second-order valence-electron chi connectivity index (χ2n) is 6.38. The number of carbonyl (C=O) groups excluding carboxylic acids is 2. The fourth-order valence-electron chi connectivity index (χ4n) is 2.64. The van der Waals surface area contributed by atoms with E-state index < -0.39 is 11.6 Å². The van der Waals surface area contributed by atoms with Crippen LogP contribution in [0.4, 0.5) is 0 Å². The Morgan fingerprint density at radius 3 is 2.43 bits per heavy atom. The Bertz CT molecular complexity index is 702. The zero-order valence-electron chi connectivity index (χ0n) is 14.5. The highest BCUT2D eigenvalue weighted by atomic mass is 16.5. The van der Waals surface area contributed by atoms with Crippen molar-refractivity contribution >= 4 is 17.6 Å². The summed E-state index contributed by atoms with van der Waals surface area (Å²) in [6, 6.07) is 3.89. The maximum Gasteiger partial charge on any atom is 0.237 e. The molecule has 0 aromatic heterocycles. The predicted molar refractivity (Wildman–Crippen MR) is 92.9 cm³/mol. The van der Waals surface area contributed by atoms with Crippen molar-refractivity contribution < 1.29 is 14.3 Å². The molecule has 0 saturated heterocycles. The van der Waals surface area contributed by atoms with Crippen LogP contribution in [-0.2, 0) is 11.2 Å². The van der Waals surface area contributed by atoms with Crippen molar-refractivity contribution in [3.63, 3.8) is 0 Å². The van der Waals surface area contributed by atoms with Crippen LogP contribution >= 0.6 is 0 Å². The summed E-state index contributed by atoms with van der Waals surface area (Å²) in [5.74, 6) is -0.276. The number of allylic oxidation sites excluding steroid dienone is 2. The minimum atomic E-state index is -0.450. The van der Waals surface area contributed by atoms with Gasteiger partial charge >= 0.3 is 0 Å². The predicted octanol–water partition coefficient (Wildman–Crippen LogP) is 4.40. The average molecular weight is 312 g/mol.